The summed E-state index contributed by atoms with van der Waals surface area (Å²) in [6.07, 6.45) is 1.33. The van der Waals surface area contributed by atoms with Crippen molar-refractivity contribution in [1.29, 1.82) is 5.26 Å². The first-order valence-corrected chi connectivity index (χ1v) is 8.10. The average molecular weight is 379 g/mol. The lowest BCUT2D eigenvalue weighted by molar-refractivity contribution is -0.144. The van der Waals surface area contributed by atoms with E-state index in [-0.39, 0.29) is 5.57 Å². The summed E-state index contributed by atoms with van der Waals surface area (Å²) < 4.78 is 9.82. The number of hydrogen-bond donors (Lipinski definition) is 2. The molecule has 0 spiro atoms. The number of carbonyl (C=O) groups excluding carboxylic acids is 3. The molecule has 8 nitrogen and oxygen atoms in total. The van der Waals surface area contributed by atoms with Gasteiger partial charge in [0.15, 0.2) is 6.61 Å². The molecule has 0 aliphatic carbocycles. The molecule has 2 aromatic rings. The highest BCUT2D eigenvalue weighted by Gasteiger charge is 2.14. The predicted octanol–water partition coefficient (Wildman–Crippen LogP) is 1.61. The van der Waals surface area contributed by atoms with E-state index in [1.807, 2.05) is 0 Å². The van der Waals surface area contributed by atoms with E-state index < -0.39 is 24.4 Å². The highest BCUT2D eigenvalue weighted by molar-refractivity contribution is 5.99. The maximum Gasteiger partial charge on any atom is 0.349 e. The van der Waals surface area contributed by atoms with Gasteiger partial charge >= 0.3 is 5.97 Å². The summed E-state index contributed by atoms with van der Waals surface area (Å²) in [5.41, 5.74) is 4.99. The molecule has 0 heterocycles. The summed E-state index contributed by atoms with van der Waals surface area (Å²) in [6, 6.07) is 16.7. The number of nitrogens with one attached hydrogen (secondary N) is 2. The number of ether oxygens (including phenoxy) is 2. The standard InChI is InChI=1S/C20H17N3O5/c1-27-17-9-7-14(8-10-17)11-16(12-21)20(26)28-13-18(24)22-23-19(25)15-5-3-2-4-6-15/h2-11H,13H2,1H3,(H,22,24)(H,23,25)/b16-11+. The van der Waals surface area contributed by atoms with Gasteiger partial charge in [-0.25, -0.2) is 4.79 Å². The Morgan fingerprint density at radius 3 is 2.32 bits per heavy atom. The molecular weight excluding hydrogens is 362 g/mol. The zero-order chi connectivity index (χ0) is 20.4. The number of amides is 2. The maximum absolute atomic E-state index is 12.0. The fourth-order valence-electron chi connectivity index (χ4n) is 2.04. The van der Waals surface area contributed by atoms with E-state index in [9.17, 15) is 14.4 Å². The Bertz CT molecular complexity index is 915. The monoisotopic (exact) mass is 379 g/mol. The number of methoxy groups -OCH3 is 1. The van der Waals surface area contributed by atoms with Crippen molar-refractivity contribution >= 4 is 23.9 Å². The number of carbonyl (C=O) groups is 3. The largest absolute Gasteiger partial charge is 0.497 e. The summed E-state index contributed by atoms with van der Waals surface area (Å²) in [4.78, 5) is 35.5. The van der Waals surface area contributed by atoms with Crippen LogP contribution in [0.4, 0.5) is 0 Å². The maximum atomic E-state index is 12.0. The highest BCUT2D eigenvalue weighted by atomic mass is 16.5. The molecule has 0 aliphatic heterocycles. The summed E-state index contributed by atoms with van der Waals surface area (Å²) in [7, 11) is 1.52. The molecule has 8 heteroatoms. The van der Waals surface area contributed by atoms with Crippen molar-refractivity contribution in [3.8, 4) is 11.8 Å². The van der Waals surface area contributed by atoms with Gasteiger partial charge in [-0.15, -0.1) is 0 Å². The highest BCUT2D eigenvalue weighted by Crippen LogP contribution is 2.14. The third kappa shape index (κ3) is 6.00. The van der Waals surface area contributed by atoms with Crippen LogP contribution in [0.2, 0.25) is 0 Å². The topological polar surface area (TPSA) is 118 Å². The van der Waals surface area contributed by atoms with E-state index in [4.69, 9.17) is 14.7 Å². The smallest absolute Gasteiger partial charge is 0.349 e. The van der Waals surface area contributed by atoms with Gasteiger partial charge in [0.2, 0.25) is 0 Å². The Hall–Kier alpha value is -4.12. The Labute approximate surface area is 161 Å². The normalized spacial score (nSPS) is 10.4. The lowest BCUT2D eigenvalue weighted by atomic mass is 10.1. The van der Waals surface area contributed by atoms with Crippen LogP contribution < -0.4 is 15.6 Å². The van der Waals surface area contributed by atoms with E-state index in [1.165, 1.54) is 13.2 Å². The molecule has 0 unspecified atom stereocenters. The van der Waals surface area contributed by atoms with Crippen LogP contribution in [0.3, 0.4) is 0 Å². The van der Waals surface area contributed by atoms with Crippen molar-refractivity contribution in [2.45, 2.75) is 0 Å². The number of hydrogen-bond acceptors (Lipinski definition) is 6. The average Bonchev–Trinajstić information content (AvgIpc) is 2.75. The number of esters is 1. The molecule has 142 valence electrons. The van der Waals surface area contributed by atoms with Gasteiger partial charge < -0.3 is 9.47 Å². The van der Waals surface area contributed by atoms with E-state index in [0.717, 1.165) is 0 Å². The molecule has 28 heavy (non-hydrogen) atoms. The lowest BCUT2D eigenvalue weighted by Gasteiger charge is -2.08. The molecule has 2 rings (SSSR count). The fourth-order valence-corrected chi connectivity index (χ4v) is 2.04. The first-order chi connectivity index (χ1) is 13.5. The minimum absolute atomic E-state index is 0.272. The third-order valence-electron chi connectivity index (χ3n) is 3.45. The second kappa shape index (κ2) is 10.1. The fraction of sp³-hybridized carbons (Fsp3) is 0.100. The van der Waals surface area contributed by atoms with E-state index in [2.05, 4.69) is 10.9 Å². The lowest BCUT2D eigenvalue weighted by Crippen LogP contribution is -2.43. The van der Waals surface area contributed by atoms with Crippen LogP contribution in [0, 0.1) is 11.3 Å². The third-order valence-corrected chi connectivity index (χ3v) is 3.45. The summed E-state index contributed by atoms with van der Waals surface area (Å²) in [5, 5.41) is 9.12. The molecule has 0 aliphatic rings. The molecule has 0 aromatic heterocycles. The van der Waals surface area contributed by atoms with E-state index in [0.29, 0.717) is 16.9 Å². The first kappa shape index (κ1) is 20.2. The minimum Gasteiger partial charge on any atom is -0.497 e. The SMILES string of the molecule is COc1ccc(/C=C(\C#N)C(=O)OCC(=O)NNC(=O)c2ccccc2)cc1. The Kier molecular flexibility index (Phi) is 7.31. The molecule has 2 N–H and O–H groups in total. The Balaban J connectivity index is 1.85. The molecule has 2 amide bonds. The zero-order valence-corrected chi connectivity index (χ0v) is 15.0. The van der Waals surface area contributed by atoms with Gasteiger partial charge in [-0.2, -0.15) is 5.26 Å². The number of hydrazine groups is 1. The second-order valence-electron chi connectivity index (χ2n) is 5.39. The van der Waals surface area contributed by atoms with Crippen molar-refractivity contribution in [2.75, 3.05) is 13.7 Å². The van der Waals surface area contributed by atoms with Crippen molar-refractivity contribution in [2.24, 2.45) is 0 Å². The molecule has 0 bridgehead atoms. The van der Waals surface area contributed by atoms with E-state index >= 15 is 0 Å². The first-order valence-electron chi connectivity index (χ1n) is 8.10. The van der Waals surface area contributed by atoms with Crippen molar-refractivity contribution in [1.82, 2.24) is 10.9 Å². The van der Waals surface area contributed by atoms with Crippen LogP contribution in [0.1, 0.15) is 15.9 Å². The minimum atomic E-state index is -0.956. The van der Waals surface area contributed by atoms with Crippen LogP contribution in [-0.4, -0.2) is 31.5 Å². The predicted molar refractivity (Wildman–Crippen MR) is 99.6 cm³/mol. The molecule has 2 aromatic carbocycles. The van der Waals surface area contributed by atoms with Gasteiger partial charge in [-0.05, 0) is 35.9 Å². The molecular formula is C20H17N3O5. The Morgan fingerprint density at radius 1 is 1.04 bits per heavy atom. The molecule has 0 fully saturated rings. The van der Waals surface area contributed by atoms with Crippen LogP contribution in [-0.2, 0) is 14.3 Å². The summed E-state index contributed by atoms with van der Waals surface area (Å²) in [5.74, 6) is -1.59. The van der Waals surface area contributed by atoms with Crippen LogP contribution in [0.15, 0.2) is 60.2 Å². The van der Waals surface area contributed by atoms with Gasteiger partial charge in [-0.3, -0.25) is 20.4 Å². The zero-order valence-electron chi connectivity index (χ0n) is 15.0. The van der Waals surface area contributed by atoms with Gasteiger partial charge in [0.25, 0.3) is 11.8 Å². The van der Waals surface area contributed by atoms with Gasteiger partial charge in [0, 0.05) is 5.56 Å². The number of benzene rings is 2. The van der Waals surface area contributed by atoms with Crippen LogP contribution in [0.25, 0.3) is 6.08 Å². The van der Waals surface area contributed by atoms with Crippen molar-refractivity contribution < 1.29 is 23.9 Å². The molecule has 0 radical (unpaired) electrons. The van der Waals surface area contributed by atoms with Crippen LogP contribution >= 0.6 is 0 Å². The van der Waals surface area contributed by atoms with Gasteiger partial charge in [0.1, 0.15) is 17.4 Å². The number of nitriles is 1. The molecule has 0 saturated carbocycles. The number of rotatable bonds is 6. The quantitative estimate of drug-likeness (QED) is 0.341. The summed E-state index contributed by atoms with van der Waals surface area (Å²) >= 11 is 0. The van der Waals surface area contributed by atoms with Crippen LogP contribution in [0.5, 0.6) is 5.75 Å². The van der Waals surface area contributed by atoms with Gasteiger partial charge in [0.05, 0.1) is 7.11 Å². The van der Waals surface area contributed by atoms with Gasteiger partial charge in [-0.1, -0.05) is 30.3 Å². The van der Waals surface area contributed by atoms with Crippen molar-refractivity contribution in [3.63, 3.8) is 0 Å². The Morgan fingerprint density at radius 2 is 1.71 bits per heavy atom. The van der Waals surface area contributed by atoms with Crippen molar-refractivity contribution in [3.05, 3.63) is 71.3 Å². The van der Waals surface area contributed by atoms with E-state index in [1.54, 1.807) is 60.7 Å². The molecule has 0 atom stereocenters. The molecule has 0 saturated heterocycles. The summed E-state index contributed by atoms with van der Waals surface area (Å²) in [6.45, 7) is -0.657. The second-order valence-corrected chi connectivity index (χ2v) is 5.39. The number of nitrogens with zero attached hydrogens (tertiary/aromatic N) is 1.